The number of hydrogen-bond acceptors (Lipinski definition) is 5. The Morgan fingerprint density at radius 1 is 1.52 bits per heavy atom. The van der Waals surface area contributed by atoms with E-state index in [9.17, 15) is 14.9 Å². The van der Waals surface area contributed by atoms with Crippen molar-refractivity contribution >= 4 is 17.3 Å². The summed E-state index contributed by atoms with van der Waals surface area (Å²) >= 11 is 0. The summed E-state index contributed by atoms with van der Waals surface area (Å²) in [5, 5.41) is 14.1. The van der Waals surface area contributed by atoms with Crippen molar-refractivity contribution < 1.29 is 14.5 Å². The second-order valence-electron chi connectivity index (χ2n) is 5.30. The van der Waals surface area contributed by atoms with E-state index in [0.29, 0.717) is 31.9 Å². The van der Waals surface area contributed by atoms with Gasteiger partial charge in [-0.1, -0.05) is 6.07 Å². The number of ether oxygens (including phenoxy) is 1. The van der Waals surface area contributed by atoms with E-state index in [1.54, 1.807) is 11.0 Å². The first-order valence-electron chi connectivity index (χ1n) is 7.04. The fourth-order valence-electron chi connectivity index (χ4n) is 2.81. The monoisotopic (exact) mass is 291 g/mol. The van der Waals surface area contributed by atoms with E-state index in [0.717, 1.165) is 18.5 Å². The molecular formula is C14H17N3O4. The SMILES string of the molecule is O=C(CC1COCCN1)N1CCc2ccc([N+](=O)[O-])cc21. The highest BCUT2D eigenvalue weighted by atomic mass is 16.6. The zero-order valence-corrected chi connectivity index (χ0v) is 11.6. The lowest BCUT2D eigenvalue weighted by Crippen LogP contribution is -2.45. The smallest absolute Gasteiger partial charge is 0.271 e. The van der Waals surface area contributed by atoms with Crippen LogP contribution in [-0.4, -0.2) is 43.2 Å². The number of rotatable bonds is 3. The molecule has 3 rings (SSSR count). The molecule has 2 heterocycles. The maximum atomic E-state index is 12.4. The van der Waals surface area contributed by atoms with Crippen molar-refractivity contribution in [2.24, 2.45) is 0 Å². The molecule has 2 aliphatic rings. The minimum atomic E-state index is -0.433. The zero-order chi connectivity index (χ0) is 14.8. The molecule has 0 spiro atoms. The van der Waals surface area contributed by atoms with Crippen molar-refractivity contribution in [3.63, 3.8) is 0 Å². The largest absolute Gasteiger partial charge is 0.378 e. The summed E-state index contributed by atoms with van der Waals surface area (Å²) < 4.78 is 5.34. The number of anilines is 1. The zero-order valence-electron chi connectivity index (χ0n) is 11.6. The van der Waals surface area contributed by atoms with Gasteiger partial charge in [0.05, 0.1) is 23.8 Å². The Morgan fingerprint density at radius 2 is 2.38 bits per heavy atom. The predicted molar refractivity (Wildman–Crippen MR) is 76.4 cm³/mol. The molecule has 112 valence electrons. The number of nitrogens with zero attached hydrogens (tertiary/aromatic N) is 2. The molecule has 1 atom stereocenters. The molecule has 0 radical (unpaired) electrons. The van der Waals surface area contributed by atoms with E-state index in [1.807, 2.05) is 0 Å². The van der Waals surface area contributed by atoms with Gasteiger partial charge in [0.1, 0.15) is 0 Å². The maximum Gasteiger partial charge on any atom is 0.271 e. The Labute approximate surface area is 122 Å². The Hall–Kier alpha value is -1.99. The summed E-state index contributed by atoms with van der Waals surface area (Å²) in [6.07, 6.45) is 1.09. The third-order valence-corrected chi connectivity index (χ3v) is 3.90. The van der Waals surface area contributed by atoms with E-state index in [-0.39, 0.29) is 17.6 Å². The fourth-order valence-corrected chi connectivity index (χ4v) is 2.81. The molecule has 0 saturated carbocycles. The molecule has 1 aromatic rings. The van der Waals surface area contributed by atoms with Crippen LogP contribution in [0.4, 0.5) is 11.4 Å². The minimum absolute atomic E-state index is 0.0164. The van der Waals surface area contributed by atoms with Crippen LogP contribution < -0.4 is 10.2 Å². The number of non-ortho nitro benzene ring substituents is 1. The number of nitro benzene ring substituents is 1. The number of benzene rings is 1. The highest BCUT2D eigenvalue weighted by Crippen LogP contribution is 2.32. The first-order chi connectivity index (χ1) is 10.1. The van der Waals surface area contributed by atoms with E-state index in [2.05, 4.69) is 5.32 Å². The van der Waals surface area contributed by atoms with Crippen molar-refractivity contribution in [1.82, 2.24) is 5.32 Å². The van der Waals surface area contributed by atoms with Gasteiger partial charge in [0.15, 0.2) is 0 Å². The van der Waals surface area contributed by atoms with E-state index in [1.165, 1.54) is 12.1 Å². The van der Waals surface area contributed by atoms with Crippen LogP contribution in [0, 0.1) is 10.1 Å². The van der Waals surface area contributed by atoms with Gasteiger partial charge in [-0.15, -0.1) is 0 Å². The first kappa shape index (κ1) is 14.0. The number of carbonyl (C=O) groups is 1. The average Bonchev–Trinajstić information content (AvgIpc) is 2.91. The molecule has 2 aliphatic heterocycles. The van der Waals surface area contributed by atoms with Crippen molar-refractivity contribution in [2.45, 2.75) is 18.9 Å². The number of nitrogens with one attached hydrogen (secondary N) is 1. The summed E-state index contributed by atoms with van der Waals surface area (Å²) in [5.74, 6) is -0.0164. The molecule has 1 fully saturated rings. The quantitative estimate of drug-likeness (QED) is 0.659. The van der Waals surface area contributed by atoms with Crippen LogP contribution in [0.1, 0.15) is 12.0 Å². The van der Waals surface area contributed by atoms with Gasteiger partial charge in [0.25, 0.3) is 5.69 Å². The summed E-state index contributed by atoms with van der Waals surface area (Å²) in [5.41, 5.74) is 1.68. The first-order valence-corrected chi connectivity index (χ1v) is 7.04. The molecule has 1 aromatic carbocycles. The van der Waals surface area contributed by atoms with Crippen molar-refractivity contribution in [1.29, 1.82) is 0 Å². The van der Waals surface area contributed by atoms with Crippen LogP contribution in [0.15, 0.2) is 18.2 Å². The molecule has 7 heteroatoms. The molecule has 0 aromatic heterocycles. The second-order valence-corrected chi connectivity index (χ2v) is 5.30. The Bertz CT molecular complexity index is 569. The topological polar surface area (TPSA) is 84.7 Å². The van der Waals surface area contributed by atoms with Gasteiger partial charge >= 0.3 is 0 Å². The number of fused-ring (bicyclic) bond motifs is 1. The van der Waals surface area contributed by atoms with Crippen LogP contribution in [-0.2, 0) is 16.0 Å². The lowest BCUT2D eigenvalue weighted by Gasteiger charge is -2.25. The molecule has 0 bridgehead atoms. The van der Waals surface area contributed by atoms with E-state index < -0.39 is 4.92 Å². The fraction of sp³-hybridized carbons (Fsp3) is 0.500. The van der Waals surface area contributed by atoms with Crippen LogP contribution >= 0.6 is 0 Å². The molecule has 7 nitrogen and oxygen atoms in total. The molecular weight excluding hydrogens is 274 g/mol. The maximum absolute atomic E-state index is 12.4. The number of morpholine rings is 1. The summed E-state index contributed by atoms with van der Waals surface area (Å²) in [6, 6.07) is 4.74. The Balaban J connectivity index is 1.74. The summed E-state index contributed by atoms with van der Waals surface area (Å²) in [6.45, 7) is 2.54. The molecule has 21 heavy (non-hydrogen) atoms. The third-order valence-electron chi connectivity index (χ3n) is 3.90. The normalized spacial score (nSPS) is 21.1. The van der Waals surface area contributed by atoms with Crippen LogP contribution in [0.3, 0.4) is 0 Å². The van der Waals surface area contributed by atoms with Crippen LogP contribution in [0.2, 0.25) is 0 Å². The molecule has 0 aliphatic carbocycles. The van der Waals surface area contributed by atoms with Gasteiger partial charge < -0.3 is 15.0 Å². The van der Waals surface area contributed by atoms with Crippen molar-refractivity contribution in [3.8, 4) is 0 Å². The van der Waals surface area contributed by atoms with Crippen LogP contribution in [0.5, 0.6) is 0 Å². The van der Waals surface area contributed by atoms with Gasteiger partial charge in [-0.2, -0.15) is 0 Å². The van der Waals surface area contributed by atoms with E-state index >= 15 is 0 Å². The van der Waals surface area contributed by atoms with Crippen molar-refractivity contribution in [3.05, 3.63) is 33.9 Å². The van der Waals surface area contributed by atoms with Gasteiger partial charge in [-0.05, 0) is 12.0 Å². The second kappa shape index (κ2) is 5.79. The van der Waals surface area contributed by atoms with Gasteiger partial charge in [0, 0.05) is 37.7 Å². The highest BCUT2D eigenvalue weighted by Gasteiger charge is 2.28. The van der Waals surface area contributed by atoms with E-state index in [4.69, 9.17) is 4.74 Å². The number of carbonyl (C=O) groups excluding carboxylic acids is 1. The molecule has 1 unspecified atom stereocenters. The standard InChI is InChI=1S/C14H17N3O4/c18-14(7-11-9-21-6-4-15-11)16-5-3-10-1-2-12(17(19)20)8-13(10)16/h1-2,8,11,15H,3-7,9H2. The van der Waals surface area contributed by atoms with Gasteiger partial charge in [-0.25, -0.2) is 0 Å². The number of nitro groups is 1. The lowest BCUT2D eigenvalue weighted by atomic mass is 10.1. The number of amides is 1. The molecule has 1 amide bonds. The average molecular weight is 291 g/mol. The van der Waals surface area contributed by atoms with Crippen LogP contribution in [0.25, 0.3) is 0 Å². The van der Waals surface area contributed by atoms with Crippen molar-refractivity contribution in [2.75, 3.05) is 31.2 Å². The lowest BCUT2D eigenvalue weighted by molar-refractivity contribution is -0.384. The molecule has 1 saturated heterocycles. The Morgan fingerprint density at radius 3 is 3.10 bits per heavy atom. The highest BCUT2D eigenvalue weighted by molar-refractivity contribution is 5.96. The van der Waals surface area contributed by atoms with Gasteiger partial charge in [-0.3, -0.25) is 14.9 Å². The minimum Gasteiger partial charge on any atom is -0.378 e. The Kier molecular flexibility index (Phi) is 3.85. The van der Waals surface area contributed by atoms with Gasteiger partial charge in [0.2, 0.25) is 5.91 Å². The molecule has 1 N–H and O–H groups in total. The predicted octanol–water partition coefficient (Wildman–Crippen LogP) is 0.862. The summed E-state index contributed by atoms with van der Waals surface area (Å²) in [7, 11) is 0. The third kappa shape index (κ3) is 2.88. The summed E-state index contributed by atoms with van der Waals surface area (Å²) in [4.78, 5) is 24.5. The number of hydrogen-bond donors (Lipinski definition) is 1.